The Morgan fingerprint density at radius 3 is 2.35 bits per heavy atom. The Hall–Kier alpha value is -2.27. The van der Waals surface area contributed by atoms with E-state index < -0.39 is 0 Å². The van der Waals surface area contributed by atoms with Gasteiger partial charge in [-0.05, 0) is 104 Å². The summed E-state index contributed by atoms with van der Waals surface area (Å²) in [6, 6.07) is 7.10. The maximum absolute atomic E-state index is 13.6. The average molecular weight is 546 g/mol. The smallest absolute Gasteiger partial charge is 0.261 e. The number of carbonyl (C=O) groups is 3. The number of allylic oxidation sites excluding steroid dienone is 1. The van der Waals surface area contributed by atoms with Crippen LogP contribution in [0.5, 0.6) is 0 Å². The Balaban J connectivity index is 1.07. The highest BCUT2D eigenvalue weighted by molar-refractivity contribution is 6.21. The minimum absolute atomic E-state index is 0.0827. The number of aliphatic hydroxyl groups excluding tert-OH is 1. The predicted molar refractivity (Wildman–Crippen MR) is 156 cm³/mol. The van der Waals surface area contributed by atoms with Gasteiger partial charge in [0, 0.05) is 18.9 Å². The second-order valence-electron chi connectivity index (χ2n) is 14.6. The molecule has 4 aliphatic carbocycles. The lowest BCUT2D eigenvalue weighted by Crippen LogP contribution is -2.51. The summed E-state index contributed by atoms with van der Waals surface area (Å²) in [6.07, 6.45) is 12.2. The van der Waals surface area contributed by atoms with E-state index in [9.17, 15) is 19.5 Å². The normalized spacial score (nSPS) is 38.3. The van der Waals surface area contributed by atoms with E-state index in [1.807, 2.05) is 12.1 Å². The van der Waals surface area contributed by atoms with Crippen molar-refractivity contribution in [2.24, 2.45) is 46.3 Å². The molecule has 1 N–H and O–H groups in total. The van der Waals surface area contributed by atoms with Crippen LogP contribution in [0.3, 0.4) is 0 Å². The fraction of sp³-hybridized carbons (Fsp3) is 0.686. The molecule has 1 aromatic carbocycles. The van der Waals surface area contributed by atoms with E-state index in [2.05, 4.69) is 33.8 Å². The summed E-state index contributed by atoms with van der Waals surface area (Å²) in [6.45, 7) is 9.75. The van der Waals surface area contributed by atoms with E-state index in [0.29, 0.717) is 47.1 Å². The zero-order valence-electron chi connectivity index (χ0n) is 24.8. The maximum Gasteiger partial charge on any atom is 0.261 e. The quantitative estimate of drug-likeness (QED) is 0.301. The number of imide groups is 1. The van der Waals surface area contributed by atoms with Crippen molar-refractivity contribution in [2.75, 3.05) is 6.54 Å². The Bertz CT molecular complexity index is 1200. The summed E-state index contributed by atoms with van der Waals surface area (Å²) in [5.41, 5.74) is 2.81. The number of hydrogen-bond acceptors (Lipinski definition) is 4. The molecule has 0 aromatic heterocycles. The van der Waals surface area contributed by atoms with E-state index in [1.165, 1.54) is 16.9 Å². The van der Waals surface area contributed by atoms with Crippen molar-refractivity contribution in [1.82, 2.24) is 4.90 Å². The number of rotatable bonds is 7. The molecule has 1 aliphatic heterocycles. The second kappa shape index (κ2) is 10.2. The minimum Gasteiger partial charge on any atom is -0.393 e. The van der Waals surface area contributed by atoms with Gasteiger partial charge in [0.25, 0.3) is 11.8 Å². The van der Waals surface area contributed by atoms with Crippen molar-refractivity contribution in [2.45, 2.75) is 98.0 Å². The van der Waals surface area contributed by atoms with Crippen LogP contribution in [0.4, 0.5) is 0 Å². The Morgan fingerprint density at radius 2 is 1.65 bits per heavy atom. The van der Waals surface area contributed by atoms with Crippen LogP contribution >= 0.6 is 0 Å². The largest absolute Gasteiger partial charge is 0.393 e. The van der Waals surface area contributed by atoms with Crippen LogP contribution in [0, 0.1) is 46.3 Å². The monoisotopic (exact) mass is 545 g/mol. The summed E-state index contributed by atoms with van der Waals surface area (Å²) in [5, 5.41) is 10.3. The van der Waals surface area contributed by atoms with Crippen molar-refractivity contribution in [3.05, 3.63) is 47.0 Å². The number of nitrogens with zero attached hydrogens (tertiary/aromatic N) is 1. The summed E-state index contributed by atoms with van der Waals surface area (Å²) < 4.78 is 0. The highest BCUT2D eigenvalue weighted by Gasteiger charge is 2.61. The second-order valence-corrected chi connectivity index (χ2v) is 14.6. The van der Waals surface area contributed by atoms with Crippen molar-refractivity contribution in [3.63, 3.8) is 0 Å². The van der Waals surface area contributed by atoms with Gasteiger partial charge < -0.3 is 5.11 Å². The number of Topliss-reactive ketones (excluding diaryl/α,β-unsaturated/α-hetero) is 1. The lowest BCUT2D eigenvalue weighted by atomic mass is 9.47. The van der Waals surface area contributed by atoms with Gasteiger partial charge in [-0.3, -0.25) is 19.3 Å². The molecule has 1 aromatic rings. The van der Waals surface area contributed by atoms with Gasteiger partial charge in [-0.15, -0.1) is 0 Å². The van der Waals surface area contributed by atoms with Crippen LogP contribution in [-0.2, 0) is 4.79 Å². The number of hydrogen-bond donors (Lipinski definition) is 1. The van der Waals surface area contributed by atoms with Gasteiger partial charge in [0.15, 0.2) is 0 Å². The summed E-state index contributed by atoms with van der Waals surface area (Å²) >= 11 is 0. The molecule has 40 heavy (non-hydrogen) atoms. The molecule has 6 rings (SSSR count). The lowest BCUT2D eigenvalue weighted by molar-refractivity contribution is -0.124. The third-order valence-corrected chi connectivity index (χ3v) is 12.3. The summed E-state index contributed by atoms with van der Waals surface area (Å²) in [7, 11) is 0. The lowest BCUT2D eigenvalue weighted by Gasteiger charge is -2.58. The van der Waals surface area contributed by atoms with Gasteiger partial charge in [-0.1, -0.05) is 57.9 Å². The first-order valence-electron chi connectivity index (χ1n) is 15.9. The molecular weight excluding hydrogens is 498 g/mol. The number of ketones is 1. The van der Waals surface area contributed by atoms with E-state index in [1.54, 1.807) is 12.1 Å². The average Bonchev–Trinajstić information content (AvgIpc) is 3.33. The molecule has 3 saturated carbocycles. The topological polar surface area (TPSA) is 74.7 Å². The van der Waals surface area contributed by atoms with E-state index in [0.717, 1.165) is 57.8 Å². The van der Waals surface area contributed by atoms with Crippen molar-refractivity contribution in [3.8, 4) is 0 Å². The number of benzene rings is 1. The highest BCUT2D eigenvalue weighted by atomic mass is 16.3. The number of carbonyl (C=O) groups excluding carboxylic acids is 3. The molecule has 216 valence electrons. The molecule has 2 amide bonds. The van der Waals surface area contributed by atoms with Gasteiger partial charge in [0.1, 0.15) is 5.78 Å². The zero-order valence-corrected chi connectivity index (χ0v) is 24.8. The zero-order chi connectivity index (χ0) is 28.4. The predicted octanol–water partition coefficient (Wildman–Crippen LogP) is 6.84. The molecule has 1 heterocycles. The molecule has 0 unspecified atom stereocenters. The molecule has 3 fully saturated rings. The van der Waals surface area contributed by atoms with Gasteiger partial charge in [0.2, 0.25) is 0 Å². The summed E-state index contributed by atoms with van der Waals surface area (Å²) in [4.78, 5) is 40.6. The van der Waals surface area contributed by atoms with Crippen LogP contribution in [0.15, 0.2) is 35.9 Å². The third kappa shape index (κ3) is 4.33. The molecule has 0 saturated heterocycles. The van der Waals surface area contributed by atoms with Gasteiger partial charge in [-0.2, -0.15) is 0 Å². The molecule has 9 atom stereocenters. The van der Waals surface area contributed by atoms with Gasteiger partial charge >= 0.3 is 0 Å². The van der Waals surface area contributed by atoms with Crippen LogP contribution < -0.4 is 0 Å². The molecular formula is C35H47NO4. The number of amides is 2. The van der Waals surface area contributed by atoms with Crippen LogP contribution in [0.1, 0.15) is 113 Å². The van der Waals surface area contributed by atoms with E-state index in [4.69, 9.17) is 0 Å². The molecule has 5 heteroatoms. The van der Waals surface area contributed by atoms with Crippen LogP contribution in [-0.4, -0.2) is 40.3 Å². The molecule has 5 aliphatic rings. The van der Waals surface area contributed by atoms with Crippen LogP contribution in [0.2, 0.25) is 0 Å². The van der Waals surface area contributed by atoms with Gasteiger partial charge in [0.05, 0.1) is 17.2 Å². The number of aliphatic hydroxyl groups is 1. The van der Waals surface area contributed by atoms with Crippen molar-refractivity contribution >= 4 is 17.6 Å². The SMILES string of the molecule is C[C@H](CCC[C@@H](C)[C@H]1C(=O)C[C@H]2[C@@H]3CC=C4C[C@@H](O)CC[C@]4(C)[C@H]3CC[C@]12C)CN1C(=O)c2ccccc2C1=O. The fourth-order valence-corrected chi connectivity index (χ4v) is 10.2. The molecule has 0 spiro atoms. The first-order valence-corrected chi connectivity index (χ1v) is 15.9. The third-order valence-electron chi connectivity index (χ3n) is 12.3. The molecule has 0 bridgehead atoms. The Morgan fingerprint density at radius 1 is 0.950 bits per heavy atom. The molecule has 0 radical (unpaired) electrons. The fourth-order valence-electron chi connectivity index (χ4n) is 10.2. The maximum atomic E-state index is 13.6. The first kappa shape index (κ1) is 27.9. The van der Waals surface area contributed by atoms with Crippen LogP contribution in [0.25, 0.3) is 0 Å². The van der Waals surface area contributed by atoms with E-state index in [-0.39, 0.29) is 40.6 Å². The Kier molecular flexibility index (Phi) is 7.12. The Labute approximate surface area is 239 Å². The van der Waals surface area contributed by atoms with Crippen molar-refractivity contribution < 1.29 is 19.5 Å². The molecule has 5 nitrogen and oxygen atoms in total. The van der Waals surface area contributed by atoms with Crippen molar-refractivity contribution in [1.29, 1.82) is 0 Å². The highest BCUT2D eigenvalue weighted by Crippen LogP contribution is 2.66. The van der Waals surface area contributed by atoms with Gasteiger partial charge in [-0.25, -0.2) is 0 Å². The summed E-state index contributed by atoms with van der Waals surface area (Å²) in [5.74, 6) is 2.55. The van der Waals surface area contributed by atoms with E-state index >= 15 is 0 Å². The standard InChI is InChI=1S/C35H47NO4/c1-21(20-36-32(39)25-10-5-6-11-26(25)33(36)40)8-7-9-22(2)31-30(38)19-29-27-13-12-23-18-24(37)14-16-34(23,3)28(27)15-17-35(29,31)4/h5-6,10-12,21-22,24,27-29,31,37H,7-9,13-20H2,1-4H3/t21-,22-,24+,27-,28+,29+,31+,34+,35+/m1/s1. The number of fused-ring (bicyclic) bond motifs is 6. The first-order chi connectivity index (χ1) is 19.0. The minimum atomic E-state index is -0.182.